The van der Waals surface area contributed by atoms with E-state index in [2.05, 4.69) is 5.32 Å². The fourth-order valence-electron chi connectivity index (χ4n) is 3.05. The van der Waals surface area contributed by atoms with Crippen LogP contribution in [0.3, 0.4) is 0 Å². The summed E-state index contributed by atoms with van der Waals surface area (Å²) in [5, 5.41) is 12.2. The Hall–Kier alpha value is -3.32. The van der Waals surface area contributed by atoms with Crippen LogP contribution in [0.5, 0.6) is 5.75 Å². The highest BCUT2D eigenvalue weighted by atomic mass is 16.5. The van der Waals surface area contributed by atoms with Crippen molar-refractivity contribution >= 4 is 17.6 Å². The Bertz CT molecular complexity index is 905. The molecule has 146 valence electrons. The number of nitrogens with zero attached hydrogens (tertiary/aromatic N) is 1. The molecule has 2 aromatic rings. The maximum atomic E-state index is 12.6. The molecule has 1 aliphatic rings. The molecule has 0 spiro atoms. The van der Waals surface area contributed by atoms with Crippen molar-refractivity contribution in [3.05, 3.63) is 59.8 Å². The van der Waals surface area contributed by atoms with E-state index in [1.54, 1.807) is 7.11 Å². The van der Waals surface area contributed by atoms with Crippen molar-refractivity contribution < 1.29 is 24.2 Å². The molecule has 1 heterocycles. The van der Waals surface area contributed by atoms with Gasteiger partial charge in [0.2, 0.25) is 0 Å². The number of hydrogen-bond acceptors (Lipinski definition) is 6. The lowest BCUT2D eigenvalue weighted by Gasteiger charge is -2.15. The van der Waals surface area contributed by atoms with Crippen molar-refractivity contribution in [1.82, 2.24) is 4.90 Å². The van der Waals surface area contributed by atoms with Crippen LogP contribution in [0, 0.1) is 0 Å². The van der Waals surface area contributed by atoms with Crippen LogP contribution in [0.15, 0.2) is 59.8 Å². The summed E-state index contributed by atoms with van der Waals surface area (Å²) in [6.07, 6.45) is 0. The number of carbonyl (C=O) groups excluding carboxylic acids is 2. The molecule has 0 radical (unpaired) electrons. The smallest absolute Gasteiger partial charge is 0.337 e. The van der Waals surface area contributed by atoms with Crippen molar-refractivity contribution in [1.29, 1.82) is 0 Å². The number of anilines is 1. The highest BCUT2D eigenvalue weighted by molar-refractivity contribution is 6.08. The number of amides is 1. The summed E-state index contributed by atoms with van der Waals surface area (Å²) in [6, 6.07) is 15.2. The zero-order valence-electron chi connectivity index (χ0n) is 15.8. The quantitative estimate of drug-likeness (QED) is 0.713. The fourth-order valence-corrected chi connectivity index (χ4v) is 3.05. The average Bonchev–Trinajstić information content (AvgIpc) is 3.03. The minimum atomic E-state index is -0.567. The second-order valence-electron chi connectivity index (χ2n) is 6.23. The number of methoxy groups -OCH3 is 2. The first kappa shape index (κ1) is 19.4. The first-order chi connectivity index (χ1) is 13.6. The first-order valence-electron chi connectivity index (χ1n) is 8.80. The lowest BCUT2D eigenvalue weighted by atomic mass is 10.0. The Morgan fingerprint density at radius 1 is 1.14 bits per heavy atom. The van der Waals surface area contributed by atoms with Gasteiger partial charge in [0.25, 0.3) is 5.91 Å². The van der Waals surface area contributed by atoms with Gasteiger partial charge in [-0.2, -0.15) is 0 Å². The molecule has 0 saturated heterocycles. The van der Waals surface area contributed by atoms with Crippen molar-refractivity contribution in [2.24, 2.45) is 0 Å². The van der Waals surface area contributed by atoms with Gasteiger partial charge in [-0.05, 0) is 35.4 Å². The van der Waals surface area contributed by atoms with Gasteiger partial charge in [-0.1, -0.05) is 24.3 Å². The summed E-state index contributed by atoms with van der Waals surface area (Å²) in [7, 11) is 2.89. The Kier molecular flexibility index (Phi) is 5.96. The second-order valence-corrected chi connectivity index (χ2v) is 6.23. The molecule has 1 aliphatic heterocycles. The zero-order chi connectivity index (χ0) is 20.1. The molecule has 2 N–H and O–H groups in total. The maximum absolute atomic E-state index is 12.6. The molecule has 2 aromatic carbocycles. The summed E-state index contributed by atoms with van der Waals surface area (Å²) in [6.45, 7) is 0.0728. The Morgan fingerprint density at radius 2 is 1.89 bits per heavy atom. The summed E-state index contributed by atoms with van der Waals surface area (Å²) >= 11 is 0. The fraction of sp³-hybridized carbons (Fsp3) is 0.238. The van der Waals surface area contributed by atoms with Crippen LogP contribution in [0.25, 0.3) is 11.1 Å². The molecule has 0 fully saturated rings. The van der Waals surface area contributed by atoms with Crippen LogP contribution in [0.4, 0.5) is 5.69 Å². The predicted octanol–water partition coefficient (Wildman–Crippen LogP) is 2.04. The lowest BCUT2D eigenvalue weighted by molar-refractivity contribution is -0.136. The minimum Gasteiger partial charge on any atom is -0.497 e. The number of benzene rings is 2. The number of carbonyl (C=O) groups is 2. The van der Waals surface area contributed by atoms with Gasteiger partial charge in [-0.3, -0.25) is 4.79 Å². The van der Waals surface area contributed by atoms with Crippen molar-refractivity contribution in [2.45, 2.75) is 0 Å². The number of nitrogens with one attached hydrogen (secondary N) is 1. The average molecular weight is 382 g/mol. The second kappa shape index (κ2) is 8.58. The number of aliphatic hydroxyl groups excluding tert-OH is 1. The van der Waals surface area contributed by atoms with Crippen LogP contribution >= 0.6 is 0 Å². The van der Waals surface area contributed by atoms with Crippen LogP contribution < -0.4 is 10.1 Å². The molecule has 0 unspecified atom stereocenters. The highest BCUT2D eigenvalue weighted by Gasteiger charge is 2.34. The van der Waals surface area contributed by atoms with Gasteiger partial charge in [0.1, 0.15) is 11.4 Å². The minimum absolute atomic E-state index is 0.104. The van der Waals surface area contributed by atoms with Crippen LogP contribution in [0.2, 0.25) is 0 Å². The van der Waals surface area contributed by atoms with Crippen LogP contribution in [-0.2, 0) is 14.3 Å². The van der Waals surface area contributed by atoms with E-state index in [1.807, 2.05) is 48.5 Å². The molecule has 0 bridgehead atoms. The van der Waals surface area contributed by atoms with Crippen LogP contribution in [0.1, 0.15) is 0 Å². The van der Waals surface area contributed by atoms with Gasteiger partial charge in [0.15, 0.2) is 0 Å². The summed E-state index contributed by atoms with van der Waals surface area (Å²) in [5.41, 5.74) is 3.03. The molecule has 0 aliphatic carbocycles. The van der Waals surface area contributed by atoms with E-state index in [0.29, 0.717) is 5.69 Å². The van der Waals surface area contributed by atoms with Crippen LogP contribution in [-0.4, -0.2) is 55.8 Å². The predicted molar refractivity (Wildman–Crippen MR) is 105 cm³/mol. The third-order valence-corrected chi connectivity index (χ3v) is 4.51. The molecule has 7 nitrogen and oxygen atoms in total. The van der Waals surface area contributed by atoms with E-state index in [0.717, 1.165) is 16.9 Å². The largest absolute Gasteiger partial charge is 0.497 e. The third kappa shape index (κ3) is 3.99. The zero-order valence-corrected chi connectivity index (χ0v) is 15.8. The van der Waals surface area contributed by atoms with E-state index in [9.17, 15) is 9.59 Å². The molecule has 0 atom stereocenters. The summed E-state index contributed by atoms with van der Waals surface area (Å²) in [5.74, 6) is -0.140. The molecule has 0 aromatic heterocycles. The topological polar surface area (TPSA) is 88.1 Å². The van der Waals surface area contributed by atoms with E-state index in [-0.39, 0.29) is 36.9 Å². The Labute approximate surface area is 163 Å². The molecule has 28 heavy (non-hydrogen) atoms. The number of esters is 1. The number of hydrogen-bond donors (Lipinski definition) is 2. The van der Waals surface area contributed by atoms with Gasteiger partial charge in [-0.25, -0.2) is 4.79 Å². The SMILES string of the molecule is COC(=O)C1=C(Nc2cccc(-c3ccc(OC)cc3)c2)C(=O)N(CCO)C1. The summed E-state index contributed by atoms with van der Waals surface area (Å²) in [4.78, 5) is 26.1. The number of β-amino-alcohol motifs (C(OH)–C–C–N with tert-alkyl or cyclic N) is 1. The number of aliphatic hydroxyl groups is 1. The Morgan fingerprint density at radius 3 is 2.54 bits per heavy atom. The molecule has 3 rings (SSSR count). The van der Waals surface area contributed by atoms with Gasteiger partial charge < -0.3 is 24.8 Å². The molecule has 1 amide bonds. The lowest BCUT2D eigenvalue weighted by Crippen LogP contribution is -2.31. The van der Waals surface area contributed by atoms with Gasteiger partial charge in [0, 0.05) is 12.2 Å². The molecular weight excluding hydrogens is 360 g/mol. The van der Waals surface area contributed by atoms with E-state index >= 15 is 0 Å². The van der Waals surface area contributed by atoms with E-state index in [1.165, 1.54) is 12.0 Å². The van der Waals surface area contributed by atoms with E-state index in [4.69, 9.17) is 14.6 Å². The van der Waals surface area contributed by atoms with E-state index < -0.39 is 5.97 Å². The van der Waals surface area contributed by atoms with Gasteiger partial charge >= 0.3 is 5.97 Å². The molecule has 0 saturated carbocycles. The standard InChI is InChI=1S/C21H22N2O5/c1-27-17-8-6-14(7-9-17)15-4-3-5-16(12-15)22-19-18(21(26)28-2)13-23(10-11-24)20(19)25/h3-9,12,22,24H,10-11,13H2,1-2H3. The van der Waals surface area contributed by atoms with Crippen molar-refractivity contribution in [2.75, 3.05) is 39.2 Å². The van der Waals surface area contributed by atoms with Crippen molar-refractivity contribution in [3.63, 3.8) is 0 Å². The third-order valence-electron chi connectivity index (χ3n) is 4.51. The van der Waals surface area contributed by atoms with Gasteiger partial charge in [-0.15, -0.1) is 0 Å². The number of rotatable bonds is 7. The Balaban J connectivity index is 1.88. The van der Waals surface area contributed by atoms with Gasteiger partial charge in [0.05, 0.1) is 32.9 Å². The monoisotopic (exact) mass is 382 g/mol. The van der Waals surface area contributed by atoms with Crippen molar-refractivity contribution in [3.8, 4) is 16.9 Å². The summed E-state index contributed by atoms with van der Waals surface area (Å²) < 4.78 is 9.98. The normalized spacial score (nSPS) is 13.7. The number of ether oxygens (including phenoxy) is 2. The first-order valence-corrected chi connectivity index (χ1v) is 8.80. The highest BCUT2D eigenvalue weighted by Crippen LogP contribution is 2.27. The molecular formula is C21H22N2O5. The maximum Gasteiger partial charge on any atom is 0.337 e. The molecule has 7 heteroatoms.